The number of hydrogen-bond donors (Lipinski definition) is 2. The van der Waals surface area contributed by atoms with Gasteiger partial charge in [0, 0.05) is 23.9 Å². The van der Waals surface area contributed by atoms with E-state index in [1.165, 1.54) is 31.2 Å². The molecular weight excluding hydrogens is 468 g/mol. The van der Waals surface area contributed by atoms with Crippen molar-refractivity contribution in [3.05, 3.63) is 90.1 Å². The molecule has 0 spiro atoms. The van der Waals surface area contributed by atoms with E-state index in [-0.39, 0.29) is 11.5 Å². The molecule has 0 amide bonds. The number of aromatic nitrogens is 1. The maximum atomic E-state index is 14.1. The van der Waals surface area contributed by atoms with Gasteiger partial charge in [-0.15, -0.1) is 0 Å². The number of carboxylic acid groups (broad SMARTS) is 1. The fraction of sp³-hybridized carbons (Fsp3) is 0.259. The molecule has 0 radical (unpaired) electrons. The van der Waals surface area contributed by atoms with Crippen LogP contribution in [0.2, 0.25) is 0 Å². The molecule has 3 unspecified atom stereocenters. The van der Waals surface area contributed by atoms with Crippen LogP contribution in [-0.2, 0) is 19.0 Å². The highest BCUT2D eigenvalue weighted by Gasteiger charge is 2.61. The van der Waals surface area contributed by atoms with Gasteiger partial charge in [0.1, 0.15) is 5.82 Å². The molecule has 6 nitrogen and oxygen atoms in total. The summed E-state index contributed by atoms with van der Waals surface area (Å²) in [4.78, 5) is 17.8. The van der Waals surface area contributed by atoms with Gasteiger partial charge in [-0.05, 0) is 48.0 Å². The number of halogens is 1. The standard InChI is InChI=1S/C27H29FNO5P/c1-6-35(33,34-5)27(18(4)30,26(31)32)24-22(19-12-14-21(28)15-13-19)16-23(29-25(24)17(2)3)20-10-8-7-9-11-20/h6-18,30H,1H2,2-5H3,(H,31,32). The first-order valence-electron chi connectivity index (χ1n) is 11.1. The van der Waals surface area contributed by atoms with Gasteiger partial charge in [0.15, 0.2) is 5.16 Å². The maximum Gasteiger partial charge on any atom is 0.327 e. The molecule has 2 aromatic carbocycles. The molecule has 3 rings (SSSR count). The van der Waals surface area contributed by atoms with Crippen LogP contribution in [0.1, 0.15) is 37.9 Å². The summed E-state index contributed by atoms with van der Waals surface area (Å²) in [5.41, 5.74) is 2.53. The zero-order valence-electron chi connectivity index (χ0n) is 20.1. The van der Waals surface area contributed by atoms with Crippen LogP contribution in [-0.4, -0.2) is 34.4 Å². The van der Waals surface area contributed by atoms with Crippen LogP contribution in [0.4, 0.5) is 4.39 Å². The van der Waals surface area contributed by atoms with Gasteiger partial charge in [0.2, 0.25) is 7.37 Å². The van der Waals surface area contributed by atoms with Crippen LogP contribution in [0.5, 0.6) is 0 Å². The Hall–Kier alpha value is -3.12. The first-order chi connectivity index (χ1) is 16.5. The molecule has 0 saturated carbocycles. The Morgan fingerprint density at radius 3 is 2.17 bits per heavy atom. The van der Waals surface area contributed by atoms with Gasteiger partial charge in [-0.3, -0.25) is 14.3 Å². The predicted molar refractivity (Wildman–Crippen MR) is 135 cm³/mol. The van der Waals surface area contributed by atoms with Crippen molar-refractivity contribution in [3.63, 3.8) is 0 Å². The molecule has 0 fully saturated rings. The highest BCUT2D eigenvalue weighted by atomic mass is 31.2. The number of aliphatic hydroxyl groups is 1. The number of carbonyl (C=O) groups is 1. The lowest BCUT2D eigenvalue weighted by molar-refractivity contribution is -0.144. The molecule has 3 atom stereocenters. The van der Waals surface area contributed by atoms with Crippen molar-refractivity contribution in [1.82, 2.24) is 4.98 Å². The summed E-state index contributed by atoms with van der Waals surface area (Å²) in [6, 6.07) is 16.5. The van der Waals surface area contributed by atoms with E-state index < -0.39 is 30.4 Å². The third kappa shape index (κ3) is 4.47. The number of rotatable bonds is 9. The van der Waals surface area contributed by atoms with Crippen molar-refractivity contribution in [2.24, 2.45) is 0 Å². The number of nitrogens with zero attached hydrogens (tertiary/aromatic N) is 1. The van der Waals surface area contributed by atoms with Gasteiger partial charge in [0.25, 0.3) is 0 Å². The summed E-state index contributed by atoms with van der Waals surface area (Å²) in [5, 5.41) is 19.2. The summed E-state index contributed by atoms with van der Waals surface area (Å²) < 4.78 is 33.2. The van der Waals surface area contributed by atoms with Crippen LogP contribution in [0.25, 0.3) is 22.4 Å². The van der Waals surface area contributed by atoms with Crippen LogP contribution < -0.4 is 0 Å². The summed E-state index contributed by atoms with van der Waals surface area (Å²) in [6.07, 6.45) is -1.66. The molecule has 184 valence electrons. The van der Waals surface area contributed by atoms with E-state index in [9.17, 15) is 24.0 Å². The molecule has 0 aliphatic carbocycles. The van der Waals surface area contributed by atoms with E-state index in [4.69, 9.17) is 9.51 Å². The molecule has 3 aromatic rings. The Bertz CT molecular complexity index is 1270. The van der Waals surface area contributed by atoms with Crippen molar-refractivity contribution >= 4 is 13.3 Å². The number of hydrogen-bond acceptors (Lipinski definition) is 5. The SMILES string of the molecule is C=CP(=O)(OC)C(C(=O)O)(c1c(-c2ccc(F)cc2)cc(-c2ccccc2)nc1C(C)C)C(C)O. The average molecular weight is 498 g/mol. The van der Waals surface area contributed by atoms with Gasteiger partial charge in [-0.25, -0.2) is 4.39 Å². The van der Waals surface area contributed by atoms with Gasteiger partial charge in [-0.1, -0.05) is 62.9 Å². The first kappa shape index (κ1) is 26.5. The summed E-state index contributed by atoms with van der Waals surface area (Å²) in [5.74, 6) is -1.39. The molecule has 0 saturated heterocycles. The number of pyridine rings is 1. The Morgan fingerprint density at radius 2 is 1.71 bits per heavy atom. The monoisotopic (exact) mass is 497 g/mol. The predicted octanol–water partition coefficient (Wildman–Crippen LogP) is 6.41. The van der Waals surface area contributed by atoms with Gasteiger partial charge >= 0.3 is 5.97 Å². The zero-order valence-corrected chi connectivity index (χ0v) is 21.0. The Morgan fingerprint density at radius 1 is 1.11 bits per heavy atom. The Kier molecular flexibility index (Phi) is 7.75. The van der Waals surface area contributed by atoms with Crippen molar-refractivity contribution < 1.29 is 28.5 Å². The molecular formula is C27H29FNO5P. The third-order valence-corrected chi connectivity index (χ3v) is 8.93. The minimum atomic E-state index is -4.27. The topological polar surface area (TPSA) is 96.7 Å². The second-order valence-corrected chi connectivity index (χ2v) is 11.2. The third-order valence-electron chi connectivity index (χ3n) is 6.13. The van der Waals surface area contributed by atoms with E-state index >= 15 is 0 Å². The lowest BCUT2D eigenvalue weighted by Crippen LogP contribution is -2.46. The van der Waals surface area contributed by atoms with Crippen LogP contribution in [0.15, 0.2) is 73.1 Å². The van der Waals surface area contributed by atoms with E-state index in [0.29, 0.717) is 22.5 Å². The second kappa shape index (κ2) is 10.2. The maximum absolute atomic E-state index is 14.1. The van der Waals surface area contributed by atoms with Gasteiger partial charge in [-0.2, -0.15) is 0 Å². The molecule has 35 heavy (non-hydrogen) atoms. The van der Waals surface area contributed by atoms with E-state index in [2.05, 4.69) is 6.58 Å². The molecule has 0 aliphatic rings. The van der Waals surface area contributed by atoms with E-state index in [1.54, 1.807) is 6.07 Å². The number of carboxylic acids is 1. The lowest BCUT2D eigenvalue weighted by Gasteiger charge is -2.39. The van der Waals surface area contributed by atoms with Crippen molar-refractivity contribution in [1.29, 1.82) is 0 Å². The van der Waals surface area contributed by atoms with Gasteiger partial charge in [0.05, 0.1) is 11.8 Å². The summed E-state index contributed by atoms with van der Waals surface area (Å²) >= 11 is 0. The van der Waals surface area contributed by atoms with Crippen LogP contribution in [0.3, 0.4) is 0 Å². The fourth-order valence-electron chi connectivity index (χ4n) is 4.40. The average Bonchev–Trinajstić information content (AvgIpc) is 2.84. The van der Waals surface area contributed by atoms with Crippen LogP contribution >= 0.6 is 7.37 Å². The summed E-state index contributed by atoms with van der Waals surface area (Å²) in [7, 11) is -3.14. The molecule has 0 aliphatic heterocycles. The van der Waals surface area contributed by atoms with Crippen molar-refractivity contribution in [2.45, 2.75) is 37.9 Å². The smallest absolute Gasteiger partial charge is 0.327 e. The van der Waals surface area contributed by atoms with Crippen LogP contribution in [0, 0.1) is 5.82 Å². The summed E-state index contributed by atoms with van der Waals surface area (Å²) in [6.45, 7) is 8.50. The lowest BCUT2D eigenvalue weighted by atomic mass is 9.82. The Balaban J connectivity index is 2.61. The van der Waals surface area contributed by atoms with Crippen molar-refractivity contribution in [2.75, 3.05) is 7.11 Å². The van der Waals surface area contributed by atoms with Gasteiger partial charge < -0.3 is 14.7 Å². The molecule has 0 bridgehead atoms. The highest BCUT2D eigenvalue weighted by Crippen LogP contribution is 2.68. The Labute approximate surface area is 204 Å². The van der Waals surface area contributed by atoms with Crippen molar-refractivity contribution in [3.8, 4) is 22.4 Å². The largest absolute Gasteiger partial charge is 0.480 e. The highest BCUT2D eigenvalue weighted by molar-refractivity contribution is 7.64. The normalized spacial score (nSPS) is 15.7. The number of aliphatic hydroxyl groups excluding tert-OH is 1. The minimum Gasteiger partial charge on any atom is -0.480 e. The molecule has 8 heteroatoms. The van der Waals surface area contributed by atoms with E-state index in [0.717, 1.165) is 18.5 Å². The second-order valence-electron chi connectivity index (χ2n) is 8.55. The zero-order chi connectivity index (χ0) is 26.0. The van der Waals surface area contributed by atoms with E-state index in [1.807, 2.05) is 44.2 Å². The quantitative estimate of drug-likeness (QED) is 0.332. The molecule has 1 heterocycles. The minimum absolute atomic E-state index is 0.0476. The number of benzene rings is 2. The molecule has 1 aromatic heterocycles. The number of aliphatic carboxylic acids is 1. The molecule has 2 N–H and O–H groups in total. The first-order valence-corrected chi connectivity index (χ1v) is 12.8. The fourth-order valence-corrected chi connectivity index (χ4v) is 6.46.